The summed E-state index contributed by atoms with van der Waals surface area (Å²) in [5.41, 5.74) is -0.605. The Morgan fingerprint density at radius 2 is 0.893 bits per heavy atom. The number of nitro groups is 2. The fraction of sp³-hybridized carbons (Fsp3) is 0.500. The van der Waals surface area contributed by atoms with Gasteiger partial charge in [-0.15, -0.1) is 0 Å². The molecule has 0 saturated heterocycles. The summed E-state index contributed by atoms with van der Waals surface area (Å²) in [5, 5.41) is 28.9. The maximum Gasteiger partial charge on any atom is 0.314 e. The first-order valence-corrected chi connectivity index (χ1v) is 18.9. The minimum atomic E-state index is -0.709. The Bertz CT molecular complexity index is 1670. The van der Waals surface area contributed by atoms with E-state index in [1.165, 1.54) is 46.6 Å². The maximum atomic E-state index is 13.9. The van der Waals surface area contributed by atoms with Crippen molar-refractivity contribution in [3.63, 3.8) is 0 Å². The van der Waals surface area contributed by atoms with Gasteiger partial charge in [0.2, 0.25) is 11.5 Å². The van der Waals surface area contributed by atoms with Crippen molar-refractivity contribution in [1.29, 1.82) is 0 Å². The molecule has 0 spiro atoms. The number of carbonyl (C=O) groups is 2. The number of hydrogen-bond acceptors (Lipinski definition) is 12. The molecule has 16 nitrogen and oxygen atoms in total. The molecule has 3 aromatic carbocycles. The molecule has 16 heteroatoms. The van der Waals surface area contributed by atoms with Gasteiger partial charge in [0.1, 0.15) is 11.5 Å². The SMILES string of the molecule is CCCCCCCCOc1cc(OCCCCCCCC)c(NC(=O)c2ccc([N+](=O)[O-])c(OC)c2OC)cc1NC(=O)c1ccc([N+](=O)[O-])c(OC)c1OC. The van der Waals surface area contributed by atoms with Crippen LogP contribution in [0.25, 0.3) is 0 Å². The molecular formula is C40H54N4O12. The van der Waals surface area contributed by atoms with E-state index < -0.39 is 21.7 Å². The third kappa shape index (κ3) is 12.1. The molecule has 2 amide bonds. The van der Waals surface area contributed by atoms with Gasteiger partial charge >= 0.3 is 11.4 Å². The van der Waals surface area contributed by atoms with Crippen LogP contribution in [0.3, 0.4) is 0 Å². The van der Waals surface area contributed by atoms with E-state index in [1.54, 1.807) is 6.07 Å². The summed E-state index contributed by atoms with van der Waals surface area (Å²) in [6, 6.07) is 7.85. The van der Waals surface area contributed by atoms with Crippen LogP contribution in [0.1, 0.15) is 112 Å². The number of anilines is 2. The first-order chi connectivity index (χ1) is 27.1. The predicted octanol–water partition coefficient (Wildman–Crippen LogP) is 9.52. The van der Waals surface area contributed by atoms with Crippen LogP contribution in [-0.2, 0) is 0 Å². The van der Waals surface area contributed by atoms with Crippen LogP contribution in [-0.4, -0.2) is 63.3 Å². The molecule has 0 unspecified atom stereocenters. The largest absolute Gasteiger partial charge is 0.492 e. The zero-order chi connectivity index (χ0) is 41.0. The zero-order valence-electron chi connectivity index (χ0n) is 33.2. The Morgan fingerprint density at radius 3 is 1.23 bits per heavy atom. The van der Waals surface area contributed by atoms with Crippen LogP contribution in [0.2, 0.25) is 0 Å². The van der Waals surface area contributed by atoms with Crippen molar-refractivity contribution < 1.29 is 47.9 Å². The molecule has 0 aliphatic carbocycles. The number of amides is 2. The second-order valence-corrected chi connectivity index (χ2v) is 12.9. The lowest BCUT2D eigenvalue weighted by atomic mass is 10.1. The molecule has 0 saturated carbocycles. The Kier molecular flexibility index (Phi) is 18.5. The van der Waals surface area contributed by atoms with Crippen molar-refractivity contribution >= 4 is 34.6 Å². The molecule has 56 heavy (non-hydrogen) atoms. The van der Waals surface area contributed by atoms with Gasteiger partial charge in [0.25, 0.3) is 11.8 Å². The molecule has 3 rings (SSSR count). The second-order valence-electron chi connectivity index (χ2n) is 12.9. The summed E-state index contributed by atoms with van der Waals surface area (Å²) in [4.78, 5) is 49.8. The zero-order valence-corrected chi connectivity index (χ0v) is 33.2. The highest BCUT2D eigenvalue weighted by Gasteiger charge is 2.29. The van der Waals surface area contributed by atoms with E-state index in [0.717, 1.165) is 89.2 Å². The lowest BCUT2D eigenvalue weighted by molar-refractivity contribution is -0.386. The summed E-state index contributed by atoms with van der Waals surface area (Å²) >= 11 is 0. The quantitative estimate of drug-likeness (QED) is 0.0444. The van der Waals surface area contributed by atoms with Crippen LogP contribution in [0.15, 0.2) is 36.4 Å². The van der Waals surface area contributed by atoms with Crippen molar-refractivity contribution in [3.8, 4) is 34.5 Å². The van der Waals surface area contributed by atoms with Gasteiger partial charge in [-0.1, -0.05) is 78.1 Å². The van der Waals surface area contributed by atoms with E-state index in [4.69, 9.17) is 28.4 Å². The number of methoxy groups -OCH3 is 4. The Hall–Kier alpha value is -5.80. The van der Waals surface area contributed by atoms with E-state index >= 15 is 0 Å². The Morgan fingerprint density at radius 1 is 0.536 bits per heavy atom. The molecule has 0 heterocycles. The van der Waals surface area contributed by atoms with E-state index in [0.29, 0.717) is 13.2 Å². The van der Waals surface area contributed by atoms with Gasteiger partial charge in [0.05, 0.1) is 74.0 Å². The molecule has 0 aromatic heterocycles. The molecule has 0 radical (unpaired) electrons. The Balaban J connectivity index is 2.10. The highest BCUT2D eigenvalue weighted by atomic mass is 16.6. The van der Waals surface area contributed by atoms with Gasteiger partial charge in [-0.25, -0.2) is 0 Å². The number of unbranched alkanes of at least 4 members (excludes halogenated alkanes) is 10. The van der Waals surface area contributed by atoms with Gasteiger partial charge in [0.15, 0.2) is 11.5 Å². The molecule has 3 aromatic rings. The van der Waals surface area contributed by atoms with Gasteiger partial charge in [-0.3, -0.25) is 29.8 Å². The second kappa shape index (κ2) is 23.2. The highest BCUT2D eigenvalue weighted by Crippen LogP contribution is 2.43. The van der Waals surface area contributed by atoms with Crippen LogP contribution < -0.4 is 39.1 Å². The van der Waals surface area contributed by atoms with Crippen LogP contribution in [0.5, 0.6) is 34.5 Å². The number of nitrogens with one attached hydrogen (secondary N) is 2. The summed E-state index contributed by atoms with van der Waals surface area (Å²) in [5.74, 6) is -1.68. The summed E-state index contributed by atoms with van der Waals surface area (Å²) in [7, 11) is 4.99. The van der Waals surface area contributed by atoms with Gasteiger partial charge < -0.3 is 39.1 Å². The smallest absolute Gasteiger partial charge is 0.314 e. The van der Waals surface area contributed by atoms with Crippen LogP contribution >= 0.6 is 0 Å². The predicted molar refractivity (Wildman–Crippen MR) is 212 cm³/mol. The number of rotatable bonds is 26. The summed E-state index contributed by atoms with van der Waals surface area (Å²) in [6.45, 7) is 4.95. The number of nitro benzene ring substituents is 2. The summed E-state index contributed by atoms with van der Waals surface area (Å²) in [6.07, 6.45) is 12.3. The summed E-state index contributed by atoms with van der Waals surface area (Å²) < 4.78 is 33.8. The lowest BCUT2D eigenvalue weighted by Gasteiger charge is -2.20. The molecule has 0 bridgehead atoms. The molecular weight excluding hydrogens is 728 g/mol. The highest BCUT2D eigenvalue weighted by molar-refractivity contribution is 6.10. The fourth-order valence-corrected chi connectivity index (χ4v) is 6.05. The fourth-order valence-electron chi connectivity index (χ4n) is 6.05. The van der Waals surface area contributed by atoms with E-state index in [9.17, 15) is 29.8 Å². The van der Waals surface area contributed by atoms with Gasteiger partial charge in [0, 0.05) is 18.2 Å². The number of benzene rings is 3. The maximum absolute atomic E-state index is 13.9. The first-order valence-electron chi connectivity index (χ1n) is 18.9. The Labute approximate surface area is 327 Å². The third-order valence-corrected chi connectivity index (χ3v) is 8.97. The lowest BCUT2D eigenvalue weighted by Crippen LogP contribution is -2.18. The number of hydrogen-bond donors (Lipinski definition) is 2. The average Bonchev–Trinajstić information content (AvgIpc) is 3.19. The minimum absolute atomic E-state index is 0.0616. The van der Waals surface area contributed by atoms with E-state index in [2.05, 4.69) is 24.5 Å². The number of nitrogens with zero attached hydrogens (tertiary/aromatic N) is 2. The average molecular weight is 783 g/mol. The van der Waals surface area contributed by atoms with Crippen LogP contribution in [0, 0.1) is 20.2 Å². The van der Waals surface area contributed by atoms with Crippen molar-refractivity contribution in [2.45, 2.75) is 90.9 Å². The first kappa shape index (κ1) is 44.6. The van der Waals surface area contributed by atoms with Crippen molar-refractivity contribution in [2.75, 3.05) is 52.3 Å². The van der Waals surface area contributed by atoms with Gasteiger partial charge in [-0.05, 0) is 31.0 Å². The van der Waals surface area contributed by atoms with Crippen molar-refractivity contribution in [1.82, 2.24) is 0 Å². The van der Waals surface area contributed by atoms with Gasteiger partial charge in [-0.2, -0.15) is 0 Å². The molecule has 306 valence electrons. The molecule has 0 atom stereocenters. The monoisotopic (exact) mass is 782 g/mol. The number of carbonyl (C=O) groups excluding carboxylic acids is 2. The topological polar surface area (TPSA) is 200 Å². The van der Waals surface area contributed by atoms with E-state index in [1.807, 2.05) is 0 Å². The van der Waals surface area contributed by atoms with E-state index in [-0.39, 0.29) is 68.4 Å². The minimum Gasteiger partial charge on any atom is -0.492 e. The standard InChI is InChI=1S/C40H54N4O12/c1-7-9-11-13-15-17-23-55-33-26-34(56-24-18-16-14-12-10-8-2)30(42-40(46)28-20-22-32(44(49)50)38(54-6)36(28)52-4)25-29(33)41-39(45)27-19-21-31(43(47)48)37(53-5)35(27)51-3/h19-22,25-26H,7-18,23-24H2,1-6H3,(H,41,45)(H,42,46). The van der Waals surface area contributed by atoms with Crippen molar-refractivity contribution in [2.24, 2.45) is 0 Å². The molecule has 0 aliphatic rings. The molecule has 2 N–H and O–H groups in total. The molecule has 0 fully saturated rings. The normalized spacial score (nSPS) is 10.7. The third-order valence-electron chi connectivity index (χ3n) is 8.97. The number of ether oxygens (including phenoxy) is 6. The van der Waals surface area contributed by atoms with Crippen LogP contribution in [0.4, 0.5) is 22.7 Å². The molecule has 0 aliphatic heterocycles. The van der Waals surface area contributed by atoms with Crippen molar-refractivity contribution in [3.05, 3.63) is 67.8 Å².